The second-order valence-corrected chi connectivity index (χ2v) is 5.68. The fraction of sp³-hybridized carbons (Fsp3) is 0.0476. The number of amides is 2. The molecule has 0 heterocycles. The van der Waals surface area contributed by atoms with Crippen LogP contribution in [0.2, 0.25) is 0 Å². The van der Waals surface area contributed by atoms with Gasteiger partial charge in [-0.25, -0.2) is 0 Å². The molecule has 27 heavy (non-hydrogen) atoms. The molecule has 0 radical (unpaired) electrons. The number of anilines is 1. The van der Waals surface area contributed by atoms with Crippen LogP contribution in [0.5, 0.6) is 17.2 Å². The Bertz CT molecular complexity index is 942. The zero-order valence-electron chi connectivity index (χ0n) is 14.4. The molecule has 136 valence electrons. The average molecular weight is 362 g/mol. The van der Waals surface area contributed by atoms with Crippen molar-refractivity contribution in [2.24, 2.45) is 5.73 Å². The molecule has 6 nitrogen and oxygen atoms in total. The molecule has 0 aliphatic heterocycles. The number of hydrogen-bond acceptors (Lipinski definition) is 4. The first-order valence-corrected chi connectivity index (χ1v) is 8.25. The lowest BCUT2D eigenvalue weighted by Gasteiger charge is -2.10. The van der Waals surface area contributed by atoms with Crippen LogP contribution in [0, 0.1) is 0 Å². The SMILES string of the molecule is NC(=O)COc1cccc(NC(=O)c2cccc(Oc3ccccc3)c2)c1. The molecule has 6 heteroatoms. The summed E-state index contributed by atoms with van der Waals surface area (Å²) in [6, 6.07) is 22.9. The monoisotopic (exact) mass is 362 g/mol. The highest BCUT2D eigenvalue weighted by molar-refractivity contribution is 6.04. The minimum Gasteiger partial charge on any atom is -0.484 e. The number of nitrogens with two attached hydrogens (primary N) is 1. The van der Waals surface area contributed by atoms with Gasteiger partial charge in [-0.3, -0.25) is 9.59 Å². The summed E-state index contributed by atoms with van der Waals surface area (Å²) < 4.78 is 11.0. The zero-order valence-corrected chi connectivity index (χ0v) is 14.4. The summed E-state index contributed by atoms with van der Waals surface area (Å²) >= 11 is 0. The van der Waals surface area contributed by atoms with Gasteiger partial charge in [0.15, 0.2) is 6.61 Å². The predicted molar refractivity (Wildman–Crippen MR) is 102 cm³/mol. The average Bonchev–Trinajstić information content (AvgIpc) is 2.68. The Hall–Kier alpha value is -3.80. The van der Waals surface area contributed by atoms with Gasteiger partial charge >= 0.3 is 0 Å². The molecule has 3 aromatic carbocycles. The van der Waals surface area contributed by atoms with E-state index in [0.29, 0.717) is 28.5 Å². The lowest BCUT2D eigenvalue weighted by molar-refractivity contribution is -0.119. The molecule has 0 aliphatic carbocycles. The summed E-state index contributed by atoms with van der Waals surface area (Å²) in [6.45, 7) is -0.226. The first-order valence-electron chi connectivity index (χ1n) is 8.25. The van der Waals surface area contributed by atoms with Crippen molar-refractivity contribution in [3.05, 3.63) is 84.4 Å². The molecule has 0 atom stereocenters. The highest BCUT2D eigenvalue weighted by atomic mass is 16.5. The van der Waals surface area contributed by atoms with E-state index < -0.39 is 5.91 Å². The van der Waals surface area contributed by atoms with Crippen LogP contribution in [0.25, 0.3) is 0 Å². The van der Waals surface area contributed by atoms with E-state index in [4.69, 9.17) is 15.2 Å². The van der Waals surface area contributed by atoms with Gasteiger partial charge in [0.2, 0.25) is 0 Å². The number of carbonyl (C=O) groups excluding carboxylic acids is 2. The molecule has 0 saturated carbocycles. The highest BCUT2D eigenvalue weighted by Crippen LogP contribution is 2.23. The Balaban J connectivity index is 1.68. The topological polar surface area (TPSA) is 90.7 Å². The number of benzene rings is 3. The van der Waals surface area contributed by atoms with Crippen LogP contribution >= 0.6 is 0 Å². The van der Waals surface area contributed by atoms with Gasteiger partial charge in [0.05, 0.1) is 0 Å². The van der Waals surface area contributed by atoms with E-state index in [1.165, 1.54) is 0 Å². The molecule has 2 amide bonds. The lowest BCUT2D eigenvalue weighted by atomic mass is 10.2. The first kappa shape index (κ1) is 18.0. The second kappa shape index (κ2) is 8.53. The summed E-state index contributed by atoms with van der Waals surface area (Å²) in [6.07, 6.45) is 0. The van der Waals surface area contributed by atoms with E-state index in [2.05, 4.69) is 5.32 Å². The Labute approximate surface area is 156 Å². The summed E-state index contributed by atoms with van der Waals surface area (Å²) in [7, 11) is 0. The summed E-state index contributed by atoms with van der Waals surface area (Å²) in [5.74, 6) is 0.828. The van der Waals surface area contributed by atoms with Gasteiger partial charge in [0, 0.05) is 17.3 Å². The second-order valence-electron chi connectivity index (χ2n) is 5.68. The molecule has 3 rings (SSSR count). The van der Waals surface area contributed by atoms with Gasteiger partial charge in [-0.15, -0.1) is 0 Å². The molecule has 0 spiro atoms. The molecule has 0 aromatic heterocycles. The smallest absolute Gasteiger partial charge is 0.255 e. The van der Waals surface area contributed by atoms with Crippen molar-refractivity contribution in [2.45, 2.75) is 0 Å². The number of primary amides is 1. The molecular weight excluding hydrogens is 344 g/mol. The van der Waals surface area contributed by atoms with Crippen molar-refractivity contribution in [3.63, 3.8) is 0 Å². The molecule has 0 bridgehead atoms. The van der Waals surface area contributed by atoms with Crippen molar-refractivity contribution in [1.82, 2.24) is 0 Å². The van der Waals surface area contributed by atoms with Crippen molar-refractivity contribution in [3.8, 4) is 17.2 Å². The number of nitrogens with one attached hydrogen (secondary N) is 1. The van der Waals surface area contributed by atoms with Crippen molar-refractivity contribution >= 4 is 17.5 Å². The van der Waals surface area contributed by atoms with Gasteiger partial charge in [-0.2, -0.15) is 0 Å². The minimum atomic E-state index is -0.570. The van der Waals surface area contributed by atoms with E-state index in [-0.39, 0.29) is 12.5 Å². The van der Waals surface area contributed by atoms with E-state index in [1.54, 1.807) is 48.5 Å². The van der Waals surface area contributed by atoms with Crippen molar-refractivity contribution < 1.29 is 19.1 Å². The van der Waals surface area contributed by atoms with Crippen LogP contribution in [0.15, 0.2) is 78.9 Å². The molecule has 0 unspecified atom stereocenters. The van der Waals surface area contributed by atoms with Crippen LogP contribution in [0.4, 0.5) is 5.69 Å². The van der Waals surface area contributed by atoms with Crippen LogP contribution in [0.1, 0.15) is 10.4 Å². The fourth-order valence-electron chi connectivity index (χ4n) is 2.35. The van der Waals surface area contributed by atoms with Crippen molar-refractivity contribution in [1.29, 1.82) is 0 Å². The summed E-state index contributed by atoms with van der Waals surface area (Å²) in [5.41, 5.74) is 6.05. The molecule has 0 aliphatic rings. The number of ether oxygens (including phenoxy) is 2. The maximum atomic E-state index is 12.5. The van der Waals surface area contributed by atoms with Gasteiger partial charge < -0.3 is 20.5 Å². The summed E-state index contributed by atoms with van der Waals surface area (Å²) in [5, 5.41) is 2.79. The standard InChI is InChI=1S/C21H18N2O4/c22-20(24)14-26-18-10-5-7-16(13-18)23-21(25)15-6-4-11-19(12-15)27-17-8-2-1-3-9-17/h1-13H,14H2,(H2,22,24)(H,23,25). The zero-order chi connectivity index (χ0) is 19.1. The third kappa shape index (κ3) is 5.34. The first-order chi connectivity index (χ1) is 13.1. The maximum Gasteiger partial charge on any atom is 0.255 e. The quantitative estimate of drug-likeness (QED) is 0.672. The fourth-order valence-corrected chi connectivity index (χ4v) is 2.35. The van der Waals surface area contributed by atoms with Crippen molar-refractivity contribution in [2.75, 3.05) is 11.9 Å². The number of para-hydroxylation sites is 1. The van der Waals surface area contributed by atoms with Crippen LogP contribution in [-0.4, -0.2) is 18.4 Å². The van der Waals surface area contributed by atoms with E-state index in [0.717, 1.165) is 0 Å². The van der Waals surface area contributed by atoms with E-state index >= 15 is 0 Å². The number of hydrogen-bond donors (Lipinski definition) is 2. The minimum absolute atomic E-state index is 0.226. The maximum absolute atomic E-state index is 12.5. The Morgan fingerprint density at radius 1 is 0.815 bits per heavy atom. The van der Waals surface area contributed by atoms with E-state index in [9.17, 15) is 9.59 Å². The molecule has 3 aromatic rings. The largest absolute Gasteiger partial charge is 0.484 e. The van der Waals surface area contributed by atoms with Crippen LogP contribution < -0.4 is 20.5 Å². The van der Waals surface area contributed by atoms with Crippen LogP contribution in [-0.2, 0) is 4.79 Å². The lowest BCUT2D eigenvalue weighted by Crippen LogP contribution is -2.20. The highest BCUT2D eigenvalue weighted by Gasteiger charge is 2.09. The van der Waals surface area contributed by atoms with E-state index in [1.807, 2.05) is 30.3 Å². The Morgan fingerprint density at radius 2 is 1.52 bits per heavy atom. The number of carbonyl (C=O) groups is 2. The van der Waals surface area contributed by atoms with Gasteiger partial charge in [-0.05, 0) is 42.5 Å². The number of rotatable bonds is 7. The molecule has 0 fully saturated rings. The third-order valence-corrected chi connectivity index (χ3v) is 3.55. The Kier molecular flexibility index (Phi) is 5.69. The third-order valence-electron chi connectivity index (χ3n) is 3.55. The normalized spacial score (nSPS) is 10.1. The van der Waals surface area contributed by atoms with Gasteiger partial charge in [0.25, 0.3) is 11.8 Å². The Morgan fingerprint density at radius 3 is 2.30 bits per heavy atom. The molecule has 3 N–H and O–H groups in total. The van der Waals surface area contributed by atoms with Gasteiger partial charge in [-0.1, -0.05) is 30.3 Å². The molecule has 0 saturated heterocycles. The van der Waals surface area contributed by atoms with Crippen LogP contribution in [0.3, 0.4) is 0 Å². The predicted octanol–water partition coefficient (Wildman–Crippen LogP) is 3.60. The van der Waals surface area contributed by atoms with Gasteiger partial charge in [0.1, 0.15) is 17.2 Å². The molecular formula is C21H18N2O4. The summed E-state index contributed by atoms with van der Waals surface area (Å²) in [4.78, 5) is 23.3.